The molecule has 8 nitrogen and oxygen atoms in total. The predicted octanol–water partition coefficient (Wildman–Crippen LogP) is 4.66. The largest absolute Gasteiger partial charge is 0.383 e. The van der Waals surface area contributed by atoms with Gasteiger partial charge in [-0.3, -0.25) is 4.79 Å². The molecule has 0 atom stereocenters. The minimum Gasteiger partial charge on any atom is -0.383 e. The molecule has 0 saturated carbocycles. The Balaban J connectivity index is 1.45. The molecule has 1 saturated heterocycles. The molecule has 0 radical (unpaired) electrons. The van der Waals surface area contributed by atoms with Gasteiger partial charge in [0.2, 0.25) is 5.91 Å². The lowest BCUT2D eigenvalue weighted by molar-refractivity contribution is -0.116. The highest BCUT2D eigenvalue weighted by atomic mass is 16.5. The molecule has 2 aromatic heterocycles. The Morgan fingerprint density at radius 3 is 2.32 bits per heavy atom. The summed E-state index contributed by atoms with van der Waals surface area (Å²) in [6.07, 6.45) is 1.97. The Morgan fingerprint density at radius 1 is 1.00 bits per heavy atom. The highest BCUT2D eigenvalue weighted by Crippen LogP contribution is 2.34. The molecule has 1 aliphatic rings. The molecule has 8 heteroatoms. The zero-order chi connectivity index (χ0) is 26.8. The first-order valence-electron chi connectivity index (χ1n) is 13.1. The fourth-order valence-electron chi connectivity index (χ4n) is 5.41. The van der Waals surface area contributed by atoms with Crippen LogP contribution < -0.4 is 9.80 Å². The molecule has 4 aromatic rings. The number of aromatic nitrogens is 3. The quantitative estimate of drug-likeness (QED) is 0.388. The zero-order valence-corrected chi connectivity index (χ0v) is 22.9. The first-order chi connectivity index (χ1) is 18.4. The van der Waals surface area contributed by atoms with Crippen molar-refractivity contribution >= 4 is 28.3 Å². The summed E-state index contributed by atoms with van der Waals surface area (Å²) in [5.74, 6) is -0.00830. The number of H-pyrrole nitrogens is 1. The van der Waals surface area contributed by atoms with Gasteiger partial charge in [0.05, 0.1) is 12.3 Å². The van der Waals surface area contributed by atoms with Crippen molar-refractivity contribution in [2.24, 2.45) is 0 Å². The molecule has 0 unspecified atom stereocenters. The van der Waals surface area contributed by atoms with Crippen LogP contribution in [-0.2, 0) is 9.53 Å². The van der Waals surface area contributed by atoms with Crippen molar-refractivity contribution in [2.45, 2.75) is 20.8 Å². The Kier molecular flexibility index (Phi) is 7.44. The summed E-state index contributed by atoms with van der Waals surface area (Å²) in [5, 5.41) is 10.1. The molecule has 5 rings (SSSR count). The average molecular weight is 513 g/mol. The van der Waals surface area contributed by atoms with Crippen LogP contribution in [0.4, 0.5) is 11.4 Å². The number of aromatic amines is 1. The molecule has 0 aliphatic carbocycles. The lowest BCUT2D eigenvalue weighted by atomic mass is 9.99. The van der Waals surface area contributed by atoms with Gasteiger partial charge in [0.25, 0.3) is 0 Å². The lowest BCUT2D eigenvalue weighted by Crippen LogP contribution is -2.45. The third kappa shape index (κ3) is 5.14. The summed E-state index contributed by atoms with van der Waals surface area (Å²) in [7, 11) is 3.82. The van der Waals surface area contributed by atoms with Crippen molar-refractivity contribution in [3.05, 3.63) is 59.8 Å². The second kappa shape index (κ2) is 10.9. The van der Waals surface area contributed by atoms with Crippen molar-refractivity contribution in [3.8, 4) is 22.4 Å². The number of nitrogens with one attached hydrogen (secondary N) is 1. The molecule has 1 N–H and O–H groups in total. The number of ether oxygens (including phenoxy) is 1. The Hall–Kier alpha value is -3.75. The number of piperazine rings is 1. The van der Waals surface area contributed by atoms with E-state index in [0.29, 0.717) is 13.2 Å². The van der Waals surface area contributed by atoms with Gasteiger partial charge in [0.15, 0.2) is 5.65 Å². The number of likely N-dealkylation sites (N-methyl/N-ethyl adjacent to an activating group) is 1. The molecular weight excluding hydrogens is 476 g/mol. The molecular formula is C30H36N6O2. The Bertz CT molecular complexity index is 1410. The third-order valence-electron chi connectivity index (χ3n) is 7.43. The maximum atomic E-state index is 12.1. The predicted molar refractivity (Wildman–Crippen MR) is 154 cm³/mol. The smallest absolute Gasteiger partial charge is 0.223 e. The number of anilines is 2. The van der Waals surface area contributed by atoms with Crippen LogP contribution in [0.3, 0.4) is 0 Å². The van der Waals surface area contributed by atoms with E-state index < -0.39 is 0 Å². The van der Waals surface area contributed by atoms with Gasteiger partial charge in [0.1, 0.15) is 0 Å². The second-order valence-corrected chi connectivity index (χ2v) is 10.2. The Morgan fingerprint density at radius 2 is 1.68 bits per heavy atom. The fourth-order valence-corrected chi connectivity index (χ4v) is 5.41. The summed E-state index contributed by atoms with van der Waals surface area (Å²) < 4.78 is 5.16. The van der Waals surface area contributed by atoms with Crippen molar-refractivity contribution in [1.29, 1.82) is 0 Å². The van der Waals surface area contributed by atoms with Crippen molar-refractivity contribution < 1.29 is 9.53 Å². The number of nitrogens with zero attached hydrogens (tertiary/aromatic N) is 5. The minimum atomic E-state index is -0.00830. The molecule has 1 aliphatic heterocycles. The molecule has 2 aromatic carbocycles. The van der Waals surface area contributed by atoms with Gasteiger partial charge in [-0.25, -0.2) is 0 Å². The van der Waals surface area contributed by atoms with Crippen LogP contribution in [0.5, 0.6) is 0 Å². The van der Waals surface area contributed by atoms with Crippen LogP contribution in [0.1, 0.15) is 18.1 Å². The SMILES string of the molecule is COCCN(C(C)=O)c1ccc(-c2c[nH]c3nnc(-c4cc(C)c(N5CCN(C)CC5)c(C)c4)cc23)cc1. The van der Waals surface area contributed by atoms with E-state index in [1.54, 1.807) is 18.9 Å². The van der Waals surface area contributed by atoms with E-state index in [0.717, 1.165) is 65.3 Å². The van der Waals surface area contributed by atoms with Gasteiger partial charge in [0, 0.05) is 80.8 Å². The van der Waals surface area contributed by atoms with E-state index in [1.807, 2.05) is 30.5 Å². The van der Waals surface area contributed by atoms with Gasteiger partial charge in [-0.2, -0.15) is 0 Å². The number of amides is 1. The number of benzene rings is 2. The van der Waals surface area contributed by atoms with E-state index in [2.05, 4.69) is 64.1 Å². The number of aryl methyl sites for hydroxylation is 2. The maximum absolute atomic E-state index is 12.1. The fraction of sp³-hybridized carbons (Fsp3) is 0.367. The van der Waals surface area contributed by atoms with Crippen molar-refractivity contribution in [3.63, 3.8) is 0 Å². The number of hydrogen-bond donors (Lipinski definition) is 1. The van der Waals surface area contributed by atoms with E-state index >= 15 is 0 Å². The molecule has 1 fully saturated rings. The highest BCUT2D eigenvalue weighted by molar-refractivity contribution is 5.96. The highest BCUT2D eigenvalue weighted by Gasteiger charge is 2.19. The van der Waals surface area contributed by atoms with Crippen molar-refractivity contribution in [1.82, 2.24) is 20.1 Å². The average Bonchev–Trinajstić information content (AvgIpc) is 3.33. The molecule has 198 valence electrons. The summed E-state index contributed by atoms with van der Waals surface area (Å²) in [5.41, 5.74) is 9.50. The Labute approximate surface area is 224 Å². The number of hydrogen-bond acceptors (Lipinski definition) is 6. The monoisotopic (exact) mass is 512 g/mol. The standard InChI is InChI=1S/C30H36N6O2/c1-20-16-24(17-21(2)29(20)35-12-10-34(4)11-13-35)28-18-26-27(19-31-30(26)33-32-28)23-6-8-25(9-7-23)36(22(3)37)14-15-38-5/h6-9,16-19H,10-15H2,1-5H3,(H,31,33). The van der Waals surface area contributed by atoms with Gasteiger partial charge in [-0.15, -0.1) is 10.2 Å². The number of rotatable bonds is 7. The van der Waals surface area contributed by atoms with Gasteiger partial charge in [-0.05, 0) is 67.9 Å². The van der Waals surface area contributed by atoms with Crippen molar-refractivity contribution in [2.75, 3.05) is 63.3 Å². The van der Waals surface area contributed by atoms with E-state index in [-0.39, 0.29) is 5.91 Å². The van der Waals surface area contributed by atoms with E-state index in [4.69, 9.17) is 4.74 Å². The molecule has 0 spiro atoms. The maximum Gasteiger partial charge on any atom is 0.223 e. The first-order valence-corrected chi connectivity index (χ1v) is 13.1. The summed E-state index contributed by atoms with van der Waals surface area (Å²) >= 11 is 0. The summed E-state index contributed by atoms with van der Waals surface area (Å²) in [6.45, 7) is 11.2. The van der Waals surface area contributed by atoms with Crippen LogP contribution in [-0.4, -0.2) is 79.5 Å². The number of carbonyl (C=O) groups excluding carboxylic acids is 1. The summed E-state index contributed by atoms with van der Waals surface area (Å²) in [6, 6.07) is 14.6. The molecule has 3 heterocycles. The lowest BCUT2D eigenvalue weighted by Gasteiger charge is -2.36. The third-order valence-corrected chi connectivity index (χ3v) is 7.43. The molecule has 1 amide bonds. The van der Waals surface area contributed by atoms with Crippen LogP contribution in [0, 0.1) is 13.8 Å². The van der Waals surface area contributed by atoms with E-state index in [1.165, 1.54) is 16.8 Å². The minimum absolute atomic E-state index is 0.00830. The first kappa shape index (κ1) is 25.9. The number of carbonyl (C=O) groups is 1. The zero-order valence-electron chi connectivity index (χ0n) is 22.9. The van der Waals surface area contributed by atoms with Crippen LogP contribution in [0.2, 0.25) is 0 Å². The van der Waals surface area contributed by atoms with Gasteiger partial charge in [-0.1, -0.05) is 12.1 Å². The summed E-state index contributed by atoms with van der Waals surface area (Å²) in [4.78, 5) is 22.0. The van der Waals surface area contributed by atoms with Crippen LogP contribution >= 0.6 is 0 Å². The van der Waals surface area contributed by atoms with Crippen LogP contribution in [0.15, 0.2) is 48.7 Å². The molecule has 0 bridgehead atoms. The normalized spacial score (nSPS) is 14.3. The number of methoxy groups -OCH3 is 1. The number of fused-ring (bicyclic) bond motifs is 1. The topological polar surface area (TPSA) is 77.6 Å². The van der Waals surface area contributed by atoms with Gasteiger partial charge >= 0.3 is 0 Å². The van der Waals surface area contributed by atoms with Crippen LogP contribution in [0.25, 0.3) is 33.4 Å². The molecule has 38 heavy (non-hydrogen) atoms. The van der Waals surface area contributed by atoms with E-state index in [9.17, 15) is 4.79 Å². The second-order valence-electron chi connectivity index (χ2n) is 10.2. The van der Waals surface area contributed by atoms with Gasteiger partial charge < -0.3 is 24.4 Å².